The Bertz CT molecular complexity index is 1090. The van der Waals surface area contributed by atoms with Crippen LogP contribution in [0.2, 0.25) is 5.02 Å². The maximum absolute atomic E-state index is 6.31. The fourth-order valence-corrected chi connectivity index (χ4v) is 4.47. The first-order valence-electron chi connectivity index (χ1n) is 8.70. The molecule has 6 heteroatoms. The molecule has 0 unspecified atom stereocenters. The van der Waals surface area contributed by atoms with Crippen molar-refractivity contribution in [3.8, 4) is 0 Å². The van der Waals surface area contributed by atoms with E-state index in [1.54, 1.807) is 16.4 Å². The van der Waals surface area contributed by atoms with Gasteiger partial charge in [0, 0.05) is 16.7 Å². The van der Waals surface area contributed by atoms with Crippen molar-refractivity contribution in [3.63, 3.8) is 0 Å². The van der Waals surface area contributed by atoms with Crippen molar-refractivity contribution in [3.05, 3.63) is 88.7 Å². The van der Waals surface area contributed by atoms with Gasteiger partial charge in [-0.25, -0.2) is 4.68 Å². The van der Waals surface area contributed by atoms with Crippen molar-refractivity contribution < 1.29 is 0 Å². The minimum Gasteiger partial charge on any atom is -0.336 e. The lowest BCUT2D eigenvalue weighted by atomic mass is 10.0. The van der Waals surface area contributed by atoms with E-state index < -0.39 is 0 Å². The maximum atomic E-state index is 6.31. The molecule has 0 saturated carbocycles. The summed E-state index contributed by atoms with van der Waals surface area (Å²) in [4.78, 5) is 0. The van der Waals surface area contributed by atoms with E-state index in [4.69, 9.17) is 17.4 Å². The number of nitrogens with zero attached hydrogens (tertiary/aromatic N) is 3. The smallest absolute Gasteiger partial charge is 0.210 e. The number of hydrogen-bond acceptors (Lipinski definition) is 4. The molecule has 0 aliphatic carbocycles. The summed E-state index contributed by atoms with van der Waals surface area (Å²) in [5.41, 5.74) is 2.24. The van der Waals surface area contributed by atoms with Crippen molar-refractivity contribution in [2.45, 2.75) is 23.8 Å². The average Bonchev–Trinajstić information content (AvgIpc) is 3.02. The largest absolute Gasteiger partial charge is 0.336 e. The summed E-state index contributed by atoms with van der Waals surface area (Å²) in [5, 5.41) is 12.6. The zero-order valence-electron chi connectivity index (χ0n) is 14.8. The van der Waals surface area contributed by atoms with Crippen molar-refractivity contribution >= 4 is 34.1 Å². The standard InChI is InChI=1S/C21H19ClN4S/c1-14(17-10-4-5-12-19(17)22)27-21-25-24-20(26(21)23)13-16-9-6-8-15-7-2-3-11-18(15)16/h2-12,14H,13,23H2,1H3/t14-/m1/s1. The molecule has 3 aromatic carbocycles. The summed E-state index contributed by atoms with van der Waals surface area (Å²) in [6.45, 7) is 2.09. The minimum atomic E-state index is 0.121. The molecule has 27 heavy (non-hydrogen) atoms. The van der Waals surface area contributed by atoms with Crippen LogP contribution in [0.1, 0.15) is 29.1 Å². The van der Waals surface area contributed by atoms with Crippen LogP contribution >= 0.6 is 23.4 Å². The first kappa shape index (κ1) is 17.9. The third kappa shape index (κ3) is 3.66. The molecule has 0 aliphatic heterocycles. The van der Waals surface area contributed by atoms with E-state index in [2.05, 4.69) is 47.5 Å². The van der Waals surface area contributed by atoms with E-state index in [1.165, 1.54) is 16.3 Å². The lowest BCUT2D eigenvalue weighted by molar-refractivity contribution is 0.803. The van der Waals surface area contributed by atoms with Crippen LogP contribution in [0.4, 0.5) is 0 Å². The van der Waals surface area contributed by atoms with Crippen LogP contribution in [0.5, 0.6) is 0 Å². The molecule has 4 aromatic rings. The Hall–Kier alpha value is -2.50. The highest BCUT2D eigenvalue weighted by molar-refractivity contribution is 7.99. The molecule has 1 heterocycles. The van der Waals surface area contributed by atoms with Gasteiger partial charge in [0.1, 0.15) is 0 Å². The molecule has 0 amide bonds. The zero-order chi connectivity index (χ0) is 18.8. The lowest BCUT2D eigenvalue weighted by Gasteiger charge is -2.12. The Morgan fingerprint density at radius 1 is 1.00 bits per heavy atom. The quantitative estimate of drug-likeness (QED) is 0.371. The Morgan fingerprint density at radius 3 is 2.59 bits per heavy atom. The Balaban J connectivity index is 1.58. The number of nitrogens with two attached hydrogens (primary N) is 1. The number of rotatable bonds is 5. The van der Waals surface area contributed by atoms with Crippen molar-refractivity contribution in [1.82, 2.24) is 14.9 Å². The number of thioether (sulfide) groups is 1. The number of aromatic nitrogens is 3. The van der Waals surface area contributed by atoms with Gasteiger partial charge in [0.05, 0.1) is 0 Å². The lowest BCUT2D eigenvalue weighted by Crippen LogP contribution is -2.14. The van der Waals surface area contributed by atoms with Crippen molar-refractivity contribution in [2.75, 3.05) is 5.84 Å². The highest BCUT2D eigenvalue weighted by Crippen LogP contribution is 2.36. The Kier molecular flexibility index (Phi) is 5.05. The summed E-state index contributed by atoms with van der Waals surface area (Å²) in [5.74, 6) is 7.03. The molecular weight excluding hydrogens is 376 g/mol. The number of fused-ring (bicyclic) bond motifs is 1. The average molecular weight is 395 g/mol. The van der Waals surface area contributed by atoms with Gasteiger partial charge in [-0.2, -0.15) is 0 Å². The fourth-order valence-electron chi connectivity index (χ4n) is 3.15. The van der Waals surface area contributed by atoms with Gasteiger partial charge in [-0.05, 0) is 34.9 Å². The zero-order valence-corrected chi connectivity index (χ0v) is 16.4. The molecule has 0 spiro atoms. The van der Waals surface area contributed by atoms with Gasteiger partial charge >= 0.3 is 0 Å². The summed E-state index contributed by atoms with van der Waals surface area (Å²) in [6.07, 6.45) is 0.631. The number of benzene rings is 3. The molecule has 0 bridgehead atoms. The van der Waals surface area contributed by atoms with Crippen LogP contribution in [0.25, 0.3) is 10.8 Å². The molecule has 1 atom stereocenters. The van der Waals surface area contributed by atoms with E-state index >= 15 is 0 Å². The van der Waals surface area contributed by atoms with Crippen LogP contribution in [-0.2, 0) is 6.42 Å². The minimum absolute atomic E-state index is 0.121. The number of nitrogen functional groups attached to an aromatic ring is 1. The van der Waals surface area contributed by atoms with Crippen LogP contribution in [-0.4, -0.2) is 14.9 Å². The van der Waals surface area contributed by atoms with E-state index in [0.29, 0.717) is 11.6 Å². The maximum Gasteiger partial charge on any atom is 0.210 e. The first-order chi connectivity index (χ1) is 13.1. The predicted molar refractivity (Wildman–Crippen MR) is 113 cm³/mol. The van der Waals surface area contributed by atoms with Gasteiger partial charge in [0.2, 0.25) is 5.16 Å². The SMILES string of the molecule is C[C@@H](Sc1nnc(Cc2cccc3ccccc23)n1N)c1ccccc1Cl. The summed E-state index contributed by atoms with van der Waals surface area (Å²) in [7, 11) is 0. The monoisotopic (exact) mass is 394 g/mol. The Labute approximate surface area is 167 Å². The van der Waals surface area contributed by atoms with Gasteiger partial charge in [-0.15, -0.1) is 10.2 Å². The molecule has 4 rings (SSSR count). The van der Waals surface area contributed by atoms with Crippen LogP contribution in [0.3, 0.4) is 0 Å². The van der Waals surface area contributed by atoms with Gasteiger partial charge < -0.3 is 5.84 Å². The van der Waals surface area contributed by atoms with Crippen LogP contribution in [0.15, 0.2) is 71.9 Å². The highest BCUT2D eigenvalue weighted by Gasteiger charge is 2.17. The van der Waals surface area contributed by atoms with Gasteiger partial charge in [-0.3, -0.25) is 0 Å². The van der Waals surface area contributed by atoms with Crippen molar-refractivity contribution in [2.24, 2.45) is 0 Å². The van der Waals surface area contributed by atoms with Gasteiger partial charge in [0.15, 0.2) is 5.82 Å². The third-order valence-electron chi connectivity index (χ3n) is 4.59. The fraction of sp³-hybridized carbons (Fsp3) is 0.143. The molecule has 0 aliphatic rings. The Morgan fingerprint density at radius 2 is 1.74 bits per heavy atom. The van der Waals surface area contributed by atoms with E-state index in [0.717, 1.165) is 16.4 Å². The normalized spacial score (nSPS) is 12.4. The van der Waals surface area contributed by atoms with Crippen LogP contribution in [0, 0.1) is 0 Å². The first-order valence-corrected chi connectivity index (χ1v) is 9.96. The second-order valence-corrected chi connectivity index (χ2v) is 8.08. The molecular formula is C21H19ClN4S. The topological polar surface area (TPSA) is 56.7 Å². The second kappa shape index (κ2) is 7.62. The van der Waals surface area contributed by atoms with E-state index in [9.17, 15) is 0 Å². The van der Waals surface area contributed by atoms with E-state index in [1.807, 2.05) is 36.4 Å². The molecule has 136 valence electrons. The summed E-state index contributed by atoms with van der Waals surface area (Å²) < 4.78 is 1.58. The van der Waals surface area contributed by atoms with Gasteiger partial charge in [-0.1, -0.05) is 84.0 Å². The van der Waals surface area contributed by atoms with Crippen molar-refractivity contribution in [1.29, 1.82) is 0 Å². The number of halogens is 1. The van der Waals surface area contributed by atoms with Gasteiger partial charge in [0.25, 0.3) is 0 Å². The predicted octanol–water partition coefficient (Wildman–Crippen LogP) is 5.24. The molecule has 0 fully saturated rings. The summed E-state index contributed by atoms with van der Waals surface area (Å²) in [6, 6.07) is 22.4. The van der Waals surface area contributed by atoms with Crippen LogP contribution < -0.4 is 5.84 Å². The van der Waals surface area contributed by atoms with E-state index in [-0.39, 0.29) is 5.25 Å². The summed E-state index contributed by atoms with van der Waals surface area (Å²) >= 11 is 7.86. The molecule has 0 saturated heterocycles. The second-order valence-electron chi connectivity index (χ2n) is 6.37. The molecule has 2 N–H and O–H groups in total. The molecule has 1 aromatic heterocycles. The molecule has 0 radical (unpaired) electrons. The number of hydrogen-bond donors (Lipinski definition) is 1. The highest BCUT2D eigenvalue weighted by atomic mass is 35.5. The molecule has 4 nitrogen and oxygen atoms in total. The third-order valence-corrected chi connectivity index (χ3v) is 6.03.